The lowest BCUT2D eigenvalue weighted by Gasteiger charge is -2.32. The molecule has 1 aliphatic heterocycles. The molecule has 0 bridgehead atoms. The van der Waals surface area contributed by atoms with Gasteiger partial charge >= 0.3 is 7.12 Å². The Hall–Kier alpha value is -1.66. The van der Waals surface area contributed by atoms with Crippen molar-refractivity contribution >= 4 is 12.6 Å². The van der Waals surface area contributed by atoms with Gasteiger partial charge < -0.3 is 9.31 Å². The molecule has 0 radical (unpaired) electrons. The van der Waals surface area contributed by atoms with E-state index in [9.17, 15) is 0 Å². The summed E-state index contributed by atoms with van der Waals surface area (Å²) in [5, 5.41) is 4.23. The maximum Gasteiger partial charge on any atom is 0.498 e. The Bertz CT molecular complexity index is 595. The highest BCUT2D eigenvalue weighted by Crippen LogP contribution is 2.36. The van der Waals surface area contributed by atoms with Gasteiger partial charge in [-0.15, -0.1) is 0 Å². The quantitative estimate of drug-likeness (QED) is 0.778. The first kappa shape index (κ1) is 13.3. The zero-order chi connectivity index (χ0) is 14.4. The van der Waals surface area contributed by atoms with Gasteiger partial charge in [-0.1, -0.05) is 6.07 Å². The first-order valence-corrected chi connectivity index (χ1v) is 6.71. The molecule has 1 aliphatic rings. The standard InChI is InChI=1S/C14H18BN3O2/c1-13(2)14(3,4)20-15(19-13)11-7-5-8-16-12(11)18-10-6-9-17-18/h5-10H,1-4H3. The fourth-order valence-electron chi connectivity index (χ4n) is 2.15. The van der Waals surface area contributed by atoms with Crippen molar-refractivity contribution in [1.82, 2.24) is 14.8 Å². The van der Waals surface area contributed by atoms with Crippen LogP contribution < -0.4 is 5.46 Å². The fraction of sp³-hybridized carbons (Fsp3) is 0.429. The smallest absolute Gasteiger partial charge is 0.399 e. The molecule has 0 amide bonds. The molecular formula is C14H18BN3O2. The third-order valence-corrected chi connectivity index (χ3v) is 4.05. The summed E-state index contributed by atoms with van der Waals surface area (Å²) < 4.78 is 13.9. The summed E-state index contributed by atoms with van der Waals surface area (Å²) in [4.78, 5) is 4.40. The van der Waals surface area contributed by atoms with Crippen molar-refractivity contribution in [2.75, 3.05) is 0 Å². The topological polar surface area (TPSA) is 49.2 Å². The van der Waals surface area contributed by atoms with Crippen LogP contribution in [-0.4, -0.2) is 33.1 Å². The number of hydrogen-bond acceptors (Lipinski definition) is 4. The molecule has 2 aromatic rings. The van der Waals surface area contributed by atoms with Crippen molar-refractivity contribution in [1.29, 1.82) is 0 Å². The maximum absolute atomic E-state index is 6.09. The van der Waals surface area contributed by atoms with Crippen LogP contribution in [0.4, 0.5) is 0 Å². The fourth-order valence-corrected chi connectivity index (χ4v) is 2.15. The van der Waals surface area contributed by atoms with Crippen LogP contribution in [0.1, 0.15) is 27.7 Å². The predicted molar refractivity (Wildman–Crippen MR) is 77.1 cm³/mol. The van der Waals surface area contributed by atoms with Crippen molar-refractivity contribution in [3.63, 3.8) is 0 Å². The lowest BCUT2D eigenvalue weighted by atomic mass is 9.79. The molecule has 20 heavy (non-hydrogen) atoms. The Kier molecular flexibility index (Phi) is 2.95. The Morgan fingerprint density at radius 3 is 2.35 bits per heavy atom. The third kappa shape index (κ3) is 2.05. The van der Waals surface area contributed by atoms with Crippen molar-refractivity contribution < 1.29 is 9.31 Å². The second-order valence-electron chi connectivity index (χ2n) is 5.96. The summed E-state index contributed by atoms with van der Waals surface area (Å²) in [6.45, 7) is 8.15. The summed E-state index contributed by atoms with van der Waals surface area (Å²) in [5.74, 6) is 0.732. The minimum atomic E-state index is -0.437. The molecule has 2 aromatic heterocycles. The van der Waals surface area contributed by atoms with Crippen LogP contribution in [0, 0.1) is 0 Å². The van der Waals surface area contributed by atoms with Crippen molar-refractivity contribution in [3.05, 3.63) is 36.8 Å². The van der Waals surface area contributed by atoms with Gasteiger partial charge in [0, 0.05) is 24.1 Å². The Balaban J connectivity index is 2.01. The lowest BCUT2D eigenvalue weighted by molar-refractivity contribution is 0.00578. The molecule has 104 valence electrons. The number of hydrogen-bond donors (Lipinski definition) is 0. The van der Waals surface area contributed by atoms with Gasteiger partial charge in [-0.25, -0.2) is 9.67 Å². The van der Waals surface area contributed by atoms with E-state index in [1.807, 2.05) is 52.1 Å². The molecule has 5 nitrogen and oxygen atoms in total. The molecule has 1 fully saturated rings. The number of rotatable bonds is 2. The van der Waals surface area contributed by atoms with Crippen LogP contribution in [0.25, 0.3) is 5.82 Å². The van der Waals surface area contributed by atoms with E-state index in [0.717, 1.165) is 11.3 Å². The highest BCUT2D eigenvalue weighted by atomic mass is 16.7. The summed E-state index contributed by atoms with van der Waals surface area (Å²) in [7, 11) is -0.437. The molecule has 0 aromatic carbocycles. The zero-order valence-corrected chi connectivity index (χ0v) is 12.2. The molecule has 0 unspecified atom stereocenters. The summed E-state index contributed by atoms with van der Waals surface area (Å²) >= 11 is 0. The normalized spacial score (nSPS) is 20.3. The highest BCUT2D eigenvalue weighted by molar-refractivity contribution is 6.63. The predicted octanol–water partition coefficient (Wildman–Crippen LogP) is 1.57. The van der Waals surface area contributed by atoms with Gasteiger partial charge in [0.2, 0.25) is 0 Å². The van der Waals surface area contributed by atoms with Crippen LogP contribution in [0.5, 0.6) is 0 Å². The van der Waals surface area contributed by atoms with Gasteiger partial charge in [-0.2, -0.15) is 5.10 Å². The second-order valence-corrected chi connectivity index (χ2v) is 5.96. The average Bonchev–Trinajstić information content (AvgIpc) is 2.97. The minimum Gasteiger partial charge on any atom is -0.399 e. The van der Waals surface area contributed by atoms with Crippen LogP contribution in [0.2, 0.25) is 0 Å². The van der Waals surface area contributed by atoms with Gasteiger partial charge in [0.25, 0.3) is 0 Å². The van der Waals surface area contributed by atoms with E-state index >= 15 is 0 Å². The van der Waals surface area contributed by atoms with E-state index in [2.05, 4.69) is 10.1 Å². The molecule has 6 heteroatoms. The molecule has 3 heterocycles. The van der Waals surface area contributed by atoms with Gasteiger partial charge in [0.1, 0.15) is 0 Å². The summed E-state index contributed by atoms with van der Waals surface area (Å²) in [5.41, 5.74) is 0.152. The molecule has 0 N–H and O–H groups in total. The average molecular weight is 271 g/mol. The number of pyridine rings is 1. The van der Waals surface area contributed by atoms with Gasteiger partial charge in [-0.05, 0) is 39.8 Å². The van der Waals surface area contributed by atoms with E-state index in [4.69, 9.17) is 9.31 Å². The van der Waals surface area contributed by atoms with Crippen molar-refractivity contribution in [2.45, 2.75) is 38.9 Å². The molecule has 0 aliphatic carbocycles. The molecule has 0 spiro atoms. The lowest BCUT2D eigenvalue weighted by Crippen LogP contribution is -2.41. The number of aromatic nitrogens is 3. The zero-order valence-electron chi connectivity index (χ0n) is 12.2. The third-order valence-electron chi connectivity index (χ3n) is 4.05. The van der Waals surface area contributed by atoms with E-state index in [1.165, 1.54) is 0 Å². The van der Waals surface area contributed by atoms with Crippen LogP contribution >= 0.6 is 0 Å². The van der Waals surface area contributed by atoms with Crippen LogP contribution in [0.3, 0.4) is 0 Å². The second kappa shape index (κ2) is 4.43. The van der Waals surface area contributed by atoms with Gasteiger partial charge in [-0.3, -0.25) is 0 Å². The van der Waals surface area contributed by atoms with Gasteiger partial charge in [0.05, 0.1) is 11.2 Å². The van der Waals surface area contributed by atoms with E-state index in [1.54, 1.807) is 17.1 Å². The molecule has 0 saturated carbocycles. The number of nitrogens with zero attached hydrogens (tertiary/aromatic N) is 3. The maximum atomic E-state index is 6.09. The molecular weight excluding hydrogens is 253 g/mol. The van der Waals surface area contributed by atoms with E-state index in [0.29, 0.717) is 0 Å². The highest BCUT2D eigenvalue weighted by Gasteiger charge is 2.52. The Morgan fingerprint density at radius 2 is 1.75 bits per heavy atom. The SMILES string of the molecule is CC1(C)OB(c2cccnc2-n2cccn2)OC1(C)C. The summed E-state index contributed by atoms with van der Waals surface area (Å²) in [6, 6.07) is 5.71. The Morgan fingerprint density at radius 1 is 1.05 bits per heavy atom. The van der Waals surface area contributed by atoms with Crippen molar-refractivity contribution in [3.8, 4) is 5.82 Å². The Labute approximate surface area is 119 Å². The van der Waals surface area contributed by atoms with Gasteiger partial charge in [0.15, 0.2) is 5.82 Å². The first-order chi connectivity index (χ1) is 9.41. The molecule has 3 rings (SSSR count). The molecule has 0 atom stereocenters. The van der Waals surface area contributed by atoms with Crippen LogP contribution in [-0.2, 0) is 9.31 Å². The minimum absolute atomic E-state index is 0.366. The van der Waals surface area contributed by atoms with Crippen LogP contribution in [0.15, 0.2) is 36.8 Å². The molecule has 1 saturated heterocycles. The van der Waals surface area contributed by atoms with E-state index in [-0.39, 0.29) is 11.2 Å². The first-order valence-electron chi connectivity index (χ1n) is 6.71. The monoisotopic (exact) mass is 271 g/mol. The largest absolute Gasteiger partial charge is 0.498 e. The van der Waals surface area contributed by atoms with Crippen molar-refractivity contribution in [2.24, 2.45) is 0 Å². The van der Waals surface area contributed by atoms with E-state index < -0.39 is 7.12 Å². The summed E-state index contributed by atoms with van der Waals surface area (Å²) in [6.07, 6.45) is 5.32.